The van der Waals surface area contributed by atoms with Crippen LogP contribution >= 0.6 is 11.3 Å². The molecule has 0 amide bonds. The zero-order valence-corrected chi connectivity index (χ0v) is 17.6. The lowest BCUT2D eigenvalue weighted by atomic mass is 10.0. The molecule has 0 aliphatic rings. The summed E-state index contributed by atoms with van der Waals surface area (Å²) in [6.07, 6.45) is 2.00. The number of nitrogens with one attached hydrogen (secondary N) is 1. The van der Waals surface area contributed by atoms with Crippen molar-refractivity contribution in [3.63, 3.8) is 0 Å². The molecule has 0 saturated heterocycles. The van der Waals surface area contributed by atoms with Crippen LogP contribution in [0.4, 0.5) is 5.82 Å². The first kappa shape index (κ1) is 18.6. The van der Waals surface area contributed by atoms with E-state index in [0.717, 1.165) is 12.4 Å². The fraction of sp³-hybridized carbons (Fsp3) is 0.0741. The molecule has 0 saturated carbocycles. The Morgan fingerprint density at radius 3 is 2.17 bits per heavy atom. The van der Waals surface area contributed by atoms with Gasteiger partial charge in [0.25, 0.3) is 0 Å². The summed E-state index contributed by atoms with van der Waals surface area (Å²) in [5, 5.41) is 7.04. The molecule has 0 fully saturated rings. The van der Waals surface area contributed by atoms with E-state index in [1.165, 1.54) is 43.5 Å². The Hall–Kier alpha value is -3.43. The van der Waals surface area contributed by atoms with E-state index in [0.29, 0.717) is 0 Å². The average Bonchev–Trinajstić information content (AvgIpc) is 3.25. The van der Waals surface area contributed by atoms with Crippen LogP contribution in [0.5, 0.6) is 0 Å². The van der Waals surface area contributed by atoms with Gasteiger partial charge in [0.15, 0.2) is 0 Å². The molecule has 0 bridgehead atoms. The summed E-state index contributed by atoms with van der Waals surface area (Å²) < 4.78 is 1.27. The second kappa shape index (κ2) is 8.13. The first-order valence-electron chi connectivity index (χ1n) is 10.1. The van der Waals surface area contributed by atoms with Crippen LogP contribution < -0.4 is 5.32 Å². The molecule has 0 radical (unpaired) electrons. The fourth-order valence-electron chi connectivity index (χ4n) is 3.73. The minimum Gasteiger partial charge on any atom is -0.365 e. The number of hydrogen-bond acceptors (Lipinski definition) is 3. The SMILES string of the molecule is Cc1ccc(-c2csc3c(-c4ccccc4)cnc(NCc4ccccc4)c23)cc1. The highest BCUT2D eigenvalue weighted by atomic mass is 32.1. The molecule has 5 rings (SSSR count). The van der Waals surface area contributed by atoms with Crippen molar-refractivity contribution in [1.29, 1.82) is 0 Å². The number of aryl methyl sites for hydroxylation is 1. The highest BCUT2D eigenvalue weighted by molar-refractivity contribution is 7.18. The number of fused-ring (bicyclic) bond motifs is 1. The zero-order chi connectivity index (χ0) is 20.3. The largest absolute Gasteiger partial charge is 0.365 e. The van der Waals surface area contributed by atoms with E-state index in [1.807, 2.05) is 12.3 Å². The van der Waals surface area contributed by atoms with E-state index >= 15 is 0 Å². The summed E-state index contributed by atoms with van der Waals surface area (Å²) in [4.78, 5) is 4.87. The van der Waals surface area contributed by atoms with Gasteiger partial charge >= 0.3 is 0 Å². The third kappa shape index (κ3) is 3.60. The molecule has 30 heavy (non-hydrogen) atoms. The van der Waals surface area contributed by atoms with Crippen molar-refractivity contribution in [1.82, 2.24) is 4.98 Å². The van der Waals surface area contributed by atoms with Crippen LogP contribution in [-0.4, -0.2) is 4.98 Å². The van der Waals surface area contributed by atoms with E-state index in [-0.39, 0.29) is 0 Å². The Labute approximate surface area is 180 Å². The second-order valence-corrected chi connectivity index (χ2v) is 8.32. The fourth-order valence-corrected chi connectivity index (χ4v) is 4.84. The Morgan fingerprint density at radius 1 is 0.767 bits per heavy atom. The van der Waals surface area contributed by atoms with Crippen molar-refractivity contribution in [2.45, 2.75) is 13.5 Å². The lowest BCUT2D eigenvalue weighted by Crippen LogP contribution is -2.02. The van der Waals surface area contributed by atoms with E-state index in [1.54, 1.807) is 11.3 Å². The maximum atomic E-state index is 4.87. The molecule has 0 aliphatic heterocycles. The normalized spacial score (nSPS) is 11.0. The molecule has 3 aromatic carbocycles. The van der Waals surface area contributed by atoms with Gasteiger partial charge in [-0.05, 0) is 29.0 Å². The summed E-state index contributed by atoms with van der Waals surface area (Å²) in [6.45, 7) is 2.87. The number of anilines is 1. The quantitative estimate of drug-likeness (QED) is 0.326. The van der Waals surface area contributed by atoms with Crippen molar-refractivity contribution in [3.8, 4) is 22.3 Å². The Morgan fingerprint density at radius 2 is 1.43 bits per heavy atom. The van der Waals surface area contributed by atoms with Gasteiger partial charge < -0.3 is 5.32 Å². The molecular formula is C27H22N2S. The Balaban J connectivity index is 1.65. The third-order valence-electron chi connectivity index (χ3n) is 5.35. The van der Waals surface area contributed by atoms with Crippen LogP contribution in [-0.2, 0) is 6.54 Å². The summed E-state index contributed by atoms with van der Waals surface area (Å²) >= 11 is 1.79. The highest BCUT2D eigenvalue weighted by Gasteiger charge is 2.16. The molecular weight excluding hydrogens is 384 g/mol. The number of thiophene rings is 1. The van der Waals surface area contributed by atoms with Gasteiger partial charge in [-0.15, -0.1) is 11.3 Å². The smallest absolute Gasteiger partial charge is 0.135 e. The van der Waals surface area contributed by atoms with Crippen molar-refractivity contribution >= 4 is 27.2 Å². The van der Waals surface area contributed by atoms with Gasteiger partial charge in [-0.1, -0.05) is 90.5 Å². The van der Waals surface area contributed by atoms with Crippen LogP contribution in [0.1, 0.15) is 11.1 Å². The first-order chi connectivity index (χ1) is 14.8. The highest BCUT2D eigenvalue weighted by Crippen LogP contribution is 2.42. The number of pyridine rings is 1. The first-order valence-corrected chi connectivity index (χ1v) is 11.0. The number of hydrogen-bond donors (Lipinski definition) is 1. The lowest BCUT2D eigenvalue weighted by molar-refractivity contribution is 1.12. The molecule has 0 unspecified atom stereocenters. The minimum absolute atomic E-state index is 0.747. The summed E-state index contributed by atoms with van der Waals surface area (Å²) in [5.41, 5.74) is 7.34. The second-order valence-electron chi connectivity index (χ2n) is 7.45. The summed E-state index contributed by atoms with van der Waals surface area (Å²) in [7, 11) is 0. The van der Waals surface area contributed by atoms with Crippen molar-refractivity contribution in [2.24, 2.45) is 0 Å². The maximum Gasteiger partial charge on any atom is 0.135 e. The molecule has 0 atom stereocenters. The monoisotopic (exact) mass is 406 g/mol. The van der Waals surface area contributed by atoms with Gasteiger partial charge in [0.05, 0.1) is 0 Å². The third-order valence-corrected chi connectivity index (χ3v) is 6.36. The van der Waals surface area contributed by atoms with E-state index in [4.69, 9.17) is 4.98 Å². The molecule has 0 aliphatic carbocycles. The van der Waals surface area contributed by atoms with Crippen LogP contribution in [0.2, 0.25) is 0 Å². The number of aromatic nitrogens is 1. The molecule has 2 nitrogen and oxygen atoms in total. The van der Waals surface area contributed by atoms with Gasteiger partial charge in [0, 0.05) is 34.0 Å². The van der Waals surface area contributed by atoms with E-state index in [9.17, 15) is 0 Å². The molecule has 3 heteroatoms. The number of nitrogens with zero attached hydrogens (tertiary/aromatic N) is 1. The predicted octanol–water partition coefficient (Wildman–Crippen LogP) is 7.55. The van der Waals surface area contributed by atoms with Crippen molar-refractivity contribution < 1.29 is 0 Å². The zero-order valence-electron chi connectivity index (χ0n) is 16.8. The number of benzene rings is 3. The summed E-state index contributed by atoms with van der Waals surface area (Å²) in [6, 6.07) is 29.7. The van der Waals surface area contributed by atoms with Crippen molar-refractivity contribution in [2.75, 3.05) is 5.32 Å². The van der Waals surface area contributed by atoms with Crippen LogP contribution in [0, 0.1) is 6.92 Å². The lowest BCUT2D eigenvalue weighted by Gasteiger charge is -2.12. The van der Waals surface area contributed by atoms with Crippen LogP contribution in [0.3, 0.4) is 0 Å². The predicted molar refractivity (Wildman–Crippen MR) is 129 cm³/mol. The molecule has 1 N–H and O–H groups in total. The van der Waals surface area contributed by atoms with Crippen LogP contribution in [0.25, 0.3) is 32.3 Å². The molecule has 5 aromatic rings. The standard InChI is InChI=1S/C27H22N2S/c1-19-12-14-22(15-13-19)24-18-30-26-23(21-10-6-3-7-11-21)17-29-27(25(24)26)28-16-20-8-4-2-5-9-20/h2-15,17-18H,16H2,1H3,(H,28,29). The van der Waals surface area contributed by atoms with E-state index in [2.05, 4.69) is 96.5 Å². The van der Waals surface area contributed by atoms with Gasteiger partial charge in [-0.2, -0.15) is 0 Å². The summed E-state index contributed by atoms with van der Waals surface area (Å²) in [5.74, 6) is 0.936. The average molecular weight is 407 g/mol. The Kier molecular flexibility index (Phi) is 5.04. The Bertz CT molecular complexity index is 1270. The van der Waals surface area contributed by atoms with Gasteiger partial charge in [-0.25, -0.2) is 4.98 Å². The molecule has 2 aromatic heterocycles. The maximum absolute atomic E-state index is 4.87. The van der Waals surface area contributed by atoms with Crippen molar-refractivity contribution in [3.05, 3.63) is 108 Å². The van der Waals surface area contributed by atoms with Gasteiger partial charge in [0.1, 0.15) is 5.82 Å². The molecule has 2 heterocycles. The van der Waals surface area contributed by atoms with Gasteiger partial charge in [0.2, 0.25) is 0 Å². The van der Waals surface area contributed by atoms with Gasteiger partial charge in [-0.3, -0.25) is 0 Å². The topological polar surface area (TPSA) is 24.9 Å². The van der Waals surface area contributed by atoms with E-state index < -0.39 is 0 Å². The van der Waals surface area contributed by atoms with Crippen LogP contribution in [0.15, 0.2) is 96.5 Å². The minimum atomic E-state index is 0.747. The molecule has 146 valence electrons. The number of rotatable bonds is 5. The molecule has 0 spiro atoms.